The zero-order valence-electron chi connectivity index (χ0n) is 12.7. The Balaban J connectivity index is 1.89. The fourth-order valence-electron chi connectivity index (χ4n) is 2.82. The Labute approximate surface area is 128 Å². The highest BCUT2D eigenvalue weighted by atomic mass is 32.2. The third-order valence-corrected chi connectivity index (χ3v) is 5.50. The molecule has 0 amide bonds. The minimum atomic E-state index is -3.23. The Morgan fingerprint density at radius 1 is 1.29 bits per heavy atom. The van der Waals surface area contributed by atoms with Crippen molar-refractivity contribution in [2.24, 2.45) is 0 Å². The molecule has 21 heavy (non-hydrogen) atoms. The molecule has 0 bridgehead atoms. The number of hydrogen-bond acceptors (Lipinski definition) is 3. The summed E-state index contributed by atoms with van der Waals surface area (Å²) in [6, 6.07) is 10.00. The van der Waals surface area contributed by atoms with Crippen LogP contribution in [0.15, 0.2) is 30.3 Å². The zero-order valence-corrected chi connectivity index (χ0v) is 13.5. The zero-order chi connectivity index (χ0) is 15.1. The molecule has 2 unspecified atom stereocenters. The Hall–Kier alpha value is -0.910. The van der Waals surface area contributed by atoms with Crippen molar-refractivity contribution in [2.45, 2.75) is 51.1 Å². The van der Waals surface area contributed by atoms with Gasteiger partial charge in [0, 0.05) is 12.1 Å². The Morgan fingerprint density at radius 3 is 2.67 bits per heavy atom. The molecule has 5 heteroatoms. The van der Waals surface area contributed by atoms with Gasteiger partial charge in [-0.3, -0.25) is 0 Å². The molecule has 1 aliphatic heterocycles. The second-order valence-corrected chi connectivity index (χ2v) is 7.62. The topological polar surface area (TPSA) is 58.2 Å². The van der Waals surface area contributed by atoms with Gasteiger partial charge in [0.25, 0.3) is 0 Å². The molecule has 2 rings (SSSR count). The summed E-state index contributed by atoms with van der Waals surface area (Å²) in [5.41, 5.74) is 1.03. The largest absolute Gasteiger partial charge is 0.314 e. The molecular weight excluding hydrogens is 284 g/mol. The number of hydrogen-bond donors (Lipinski definition) is 2. The average Bonchev–Trinajstić information content (AvgIpc) is 2.53. The molecule has 0 aliphatic carbocycles. The van der Waals surface area contributed by atoms with E-state index in [0.717, 1.165) is 24.9 Å². The van der Waals surface area contributed by atoms with Crippen LogP contribution in [0, 0.1) is 0 Å². The van der Waals surface area contributed by atoms with Crippen molar-refractivity contribution in [3.63, 3.8) is 0 Å². The molecule has 1 aliphatic rings. The molecule has 1 saturated heterocycles. The normalized spacial score (nSPS) is 21.1. The molecule has 118 valence electrons. The van der Waals surface area contributed by atoms with Gasteiger partial charge in [-0.1, -0.05) is 43.7 Å². The van der Waals surface area contributed by atoms with Crippen LogP contribution in [0.1, 0.15) is 50.6 Å². The Morgan fingerprint density at radius 2 is 2.05 bits per heavy atom. The van der Waals surface area contributed by atoms with Crippen LogP contribution in [0.4, 0.5) is 0 Å². The van der Waals surface area contributed by atoms with Gasteiger partial charge in [0.15, 0.2) is 0 Å². The first-order chi connectivity index (χ1) is 10.1. The summed E-state index contributed by atoms with van der Waals surface area (Å²) in [5.74, 6) is 0.202. The van der Waals surface area contributed by atoms with Crippen molar-refractivity contribution in [3.05, 3.63) is 35.9 Å². The lowest BCUT2D eigenvalue weighted by atomic mass is 10.0. The van der Waals surface area contributed by atoms with E-state index in [-0.39, 0.29) is 11.8 Å². The Bertz CT molecular complexity index is 510. The van der Waals surface area contributed by atoms with Crippen molar-refractivity contribution in [1.82, 2.24) is 10.0 Å². The Kier molecular flexibility index (Phi) is 6.21. The van der Waals surface area contributed by atoms with Gasteiger partial charge >= 0.3 is 0 Å². The second-order valence-electron chi connectivity index (χ2n) is 5.74. The first kappa shape index (κ1) is 16.5. The lowest BCUT2D eigenvalue weighted by Crippen LogP contribution is -2.37. The van der Waals surface area contributed by atoms with Gasteiger partial charge in [-0.25, -0.2) is 13.1 Å². The summed E-state index contributed by atoms with van der Waals surface area (Å²) >= 11 is 0. The van der Waals surface area contributed by atoms with E-state index in [9.17, 15) is 8.42 Å². The molecule has 4 nitrogen and oxygen atoms in total. The van der Waals surface area contributed by atoms with Crippen LogP contribution < -0.4 is 10.0 Å². The lowest BCUT2D eigenvalue weighted by molar-refractivity contribution is 0.392. The molecule has 0 spiro atoms. The number of piperidine rings is 1. The van der Waals surface area contributed by atoms with E-state index in [1.165, 1.54) is 12.8 Å². The van der Waals surface area contributed by atoms with Crippen LogP contribution in [0.2, 0.25) is 0 Å². The molecule has 2 atom stereocenters. The van der Waals surface area contributed by atoms with E-state index in [4.69, 9.17) is 0 Å². The van der Waals surface area contributed by atoms with Crippen LogP contribution in [0.3, 0.4) is 0 Å². The van der Waals surface area contributed by atoms with E-state index in [1.54, 1.807) is 0 Å². The van der Waals surface area contributed by atoms with E-state index in [1.807, 2.05) is 37.3 Å². The minimum absolute atomic E-state index is 0.129. The van der Waals surface area contributed by atoms with Gasteiger partial charge in [0.2, 0.25) is 10.0 Å². The fourth-order valence-corrected chi connectivity index (χ4v) is 4.26. The van der Waals surface area contributed by atoms with Crippen molar-refractivity contribution in [3.8, 4) is 0 Å². The van der Waals surface area contributed by atoms with Gasteiger partial charge in [0.05, 0.1) is 5.75 Å². The summed E-state index contributed by atoms with van der Waals surface area (Å²) in [5, 5.41) is 3.40. The molecular formula is C16H26N2O2S. The van der Waals surface area contributed by atoms with Crippen LogP contribution in [0.25, 0.3) is 0 Å². The molecule has 2 N–H and O–H groups in total. The minimum Gasteiger partial charge on any atom is -0.314 e. The first-order valence-electron chi connectivity index (χ1n) is 7.89. The van der Waals surface area contributed by atoms with Gasteiger partial charge in [-0.15, -0.1) is 0 Å². The van der Waals surface area contributed by atoms with Crippen molar-refractivity contribution in [2.75, 3.05) is 12.3 Å². The van der Waals surface area contributed by atoms with Gasteiger partial charge in [-0.05, 0) is 37.8 Å². The summed E-state index contributed by atoms with van der Waals surface area (Å²) in [6.07, 6.45) is 4.94. The third kappa shape index (κ3) is 5.41. The highest BCUT2D eigenvalue weighted by Crippen LogP contribution is 2.18. The van der Waals surface area contributed by atoms with Crippen LogP contribution in [0.5, 0.6) is 0 Å². The lowest BCUT2D eigenvalue weighted by Gasteiger charge is -2.24. The molecule has 1 aromatic rings. The summed E-state index contributed by atoms with van der Waals surface area (Å²) in [6.45, 7) is 3.02. The summed E-state index contributed by atoms with van der Waals surface area (Å²) in [7, 11) is -3.23. The first-order valence-corrected chi connectivity index (χ1v) is 9.54. The monoisotopic (exact) mass is 310 g/mol. The highest BCUT2D eigenvalue weighted by molar-refractivity contribution is 7.89. The van der Waals surface area contributed by atoms with E-state index >= 15 is 0 Å². The van der Waals surface area contributed by atoms with Crippen LogP contribution >= 0.6 is 0 Å². The van der Waals surface area contributed by atoms with Crippen LogP contribution in [-0.2, 0) is 10.0 Å². The van der Waals surface area contributed by atoms with Crippen molar-refractivity contribution in [1.29, 1.82) is 0 Å². The fraction of sp³-hybridized carbons (Fsp3) is 0.625. The predicted octanol–water partition coefficient (Wildman–Crippen LogP) is 2.59. The third-order valence-electron chi connectivity index (χ3n) is 4.08. The van der Waals surface area contributed by atoms with Crippen LogP contribution in [-0.4, -0.2) is 26.8 Å². The SMILES string of the molecule is CCC(NS(=O)(=O)CCC1CCCCN1)c1ccccc1. The maximum atomic E-state index is 12.3. The molecule has 1 heterocycles. The van der Waals surface area contributed by atoms with Gasteiger partial charge < -0.3 is 5.32 Å². The molecule has 0 aromatic heterocycles. The van der Waals surface area contributed by atoms with Gasteiger partial charge in [-0.2, -0.15) is 0 Å². The predicted molar refractivity (Wildman–Crippen MR) is 86.7 cm³/mol. The average molecular weight is 310 g/mol. The molecule has 1 aromatic carbocycles. The number of nitrogens with one attached hydrogen (secondary N) is 2. The molecule has 0 saturated carbocycles. The maximum absolute atomic E-state index is 12.3. The van der Waals surface area contributed by atoms with Crippen molar-refractivity contribution < 1.29 is 8.42 Å². The van der Waals surface area contributed by atoms with Gasteiger partial charge in [0.1, 0.15) is 0 Å². The summed E-state index contributed by atoms with van der Waals surface area (Å²) < 4.78 is 27.4. The quantitative estimate of drug-likeness (QED) is 0.814. The van der Waals surface area contributed by atoms with E-state index in [0.29, 0.717) is 12.5 Å². The summed E-state index contributed by atoms with van der Waals surface area (Å²) in [4.78, 5) is 0. The van der Waals surface area contributed by atoms with E-state index < -0.39 is 10.0 Å². The number of benzene rings is 1. The molecule has 1 fully saturated rings. The molecule has 0 radical (unpaired) electrons. The second kappa shape index (κ2) is 7.92. The standard InChI is InChI=1S/C16H26N2O2S/c1-2-16(14-8-4-3-5-9-14)18-21(19,20)13-11-15-10-6-7-12-17-15/h3-5,8-9,15-18H,2,6-7,10-13H2,1H3. The number of rotatable bonds is 7. The van der Waals surface area contributed by atoms with E-state index in [2.05, 4.69) is 10.0 Å². The maximum Gasteiger partial charge on any atom is 0.212 e. The van der Waals surface area contributed by atoms with Crippen molar-refractivity contribution >= 4 is 10.0 Å². The highest BCUT2D eigenvalue weighted by Gasteiger charge is 2.20. The number of sulfonamides is 1. The smallest absolute Gasteiger partial charge is 0.212 e.